The number of pyridine rings is 1. The average molecular weight is 555 g/mol. The first-order valence-electron chi connectivity index (χ1n) is 15.4. The molecule has 1 aromatic heterocycles. The Morgan fingerprint density at radius 2 is 1.90 bits per heavy atom. The molecule has 0 spiro atoms. The number of nitrogens with one attached hydrogen (secondary N) is 1. The van der Waals surface area contributed by atoms with Gasteiger partial charge in [0.25, 0.3) is 0 Å². The highest BCUT2D eigenvalue weighted by molar-refractivity contribution is 6.89. The molecular weight excluding hydrogens is 503 g/mol. The van der Waals surface area contributed by atoms with Crippen LogP contribution in [0.15, 0.2) is 78.6 Å². The Balaban J connectivity index is 1.92. The van der Waals surface area contributed by atoms with Gasteiger partial charge in [-0.3, -0.25) is 4.99 Å². The zero-order valence-electron chi connectivity index (χ0n) is 26.2. The van der Waals surface area contributed by atoms with Gasteiger partial charge >= 0.3 is 0 Å². The molecule has 3 nitrogen and oxygen atoms in total. The number of benzene rings is 1. The van der Waals surface area contributed by atoms with Crippen molar-refractivity contribution in [3.05, 3.63) is 84.7 Å². The minimum Gasteiger partial charge on any atom is -0.311 e. The molecule has 2 aromatic rings. The number of nitrogens with zero attached hydrogens (tertiary/aromatic N) is 2. The summed E-state index contributed by atoms with van der Waals surface area (Å²) >= 11 is 0. The van der Waals surface area contributed by atoms with Crippen LogP contribution in [0, 0.1) is 5.92 Å². The van der Waals surface area contributed by atoms with Gasteiger partial charge in [-0.15, -0.1) is 0 Å². The fraction of sp³-hybridized carbons (Fsp3) is 0.500. The van der Waals surface area contributed by atoms with E-state index in [1.165, 1.54) is 48.9 Å². The molecule has 0 bridgehead atoms. The summed E-state index contributed by atoms with van der Waals surface area (Å²) in [6.07, 6.45) is 17.6. The van der Waals surface area contributed by atoms with E-state index in [9.17, 15) is 0 Å². The molecule has 3 atom stereocenters. The van der Waals surface area contributed by atoms with E-state index in [1.807, 2.05) is 13.0 Å². The Kier molecular flexibility index (Phi) is 9.52. The molecule has 214 valence electrons. The van der Waals surface area contributed by atoms with E-state index in [1.54, 1.807) is 10.8 Å². The number of rotatable bonds is 11. The lowest BCUT2D eigenvalue weighted by Gasteiger charge is -2.35. The molecule has 1 aromatic carbocycles. The molecular formula is C36H52N3Si+. The second kappa shape index (κ2) is 12.5. The molecule has 1 saturated carbocycles. The van der Waals surface area contributed by atoms with Crippen LogP contribution in [0.25, 0.3) is 11.3 Å². The quantitative estimate of drug-likeness (QED) is 0.129. The summed E-state index contributed by atoms with van der Waals surface area (Å²) in [5.74, 6) is 1.09. The van der Waals surface area contributed by atoms with Crippen LogP contribution < -0.4 is 15.1 Å². The summed E-state index contributed by atoms with van der Waals surface area (Å²) in [5, 5.41) is 5.16. The zero-order valence-corrected chi connectivity index (χ0v) is 27.2. The molecule has 2 aliphatic rings. The maximum atomic E-state index is 5.00. The third-order valence-electron chi connectivity index (χ3n) is 9.35. The largest absolute Gasteiger partial charge is 0.311 e. The molecule has 0 saturated heterocycles. The van der Waals surface area contributed by atoms with Crippen LogP contribution in [0.1, 0.15) is 82.4 Å². The van der Waals surface area contributed by atoms with E-state index in [4.69, 9.17) is 4.99 Å². The first-order chi connectivity index (χ1) is 19.0. The van der Waals surface area contributed by atoms with Crippen LogP contribution in [-0.2, 0) is 6.42 Å². The minimum atomic E-state index is -1.61. The van der Waals surface area contributed by atoms with E-state index in [0.29, 0.717) is 0 Å². The van der Waals surface area contributed by atoms with Crippen molar-refractivity contribution in [2.75, 3.05) is 7.05 Å². The van der Waals surface area contributed by atoms with Gasteiger partial charge in [-0.25, -0.2) is 0 Å². The van der Waals surface area contributed by atoms with Gasteiger partial charge in [0, 0.05) is 28.1 Å². The monoisotopic (exact) mass is 554 g/mol. The number of likely N-dealkylation sites (N-methyl/N-ethyl adjacent to an activating group) is 1. The van der Waals surface area contributed by atoms with Crippen molar-refractivity contribution in [3.8, 4) is 11.3 Å². The Hall–Kier alpha value is -2.56. The lowest BCUT2D eigenvalue weighted by Crippen LogP contribution is -2.54. The van der Waals surface area contributed by atoms with Gasteiger partial charge in [-0.2, -0.15) is 4.57 Å². The van der Waals surface area contributed by atoms with Crippen molar-refractivity contribution < 1.29 is 4.57 Å². The van der Waals surface area contributed by atoms with E-state index in [2.05, 4.69) is 112 Å². The number of hydrogen-bond donors (Lipinski definition) is 1. The average Bonchev–Trinajstić information content (AvgIpc) is 3.43. The Morgan fingerprint density at radius 3 is 2.52 bits per heavy atom. The zero-order chi connectivity index (χ0) is 29.1. The van der Waals surface area contributed by atoms with Gasteiger partial charge < -0.3 is 5.32 Å². The Bertz CT molecular complexity index is 1290. The summed E-state index contributed by atoms with van der Waals surface area (Å²) in [5.41, 5.74) is 7.47. The lowest BCUT2D eigenvalue weighted by atomic mass is 9.77. The molecule has 4 rings (SSSR count). The van der Waals surface area contributed by atoms with Crippen molar-refractivity contribution in [3.63, 3.8) is 0 Å². The predicted octanol–water partition coefficient (Wildman–Crippen LogP) is 8.05. The first kappa shape index (κ1) is 30.4. The molecule has 1 aliphatic heterocycles. The Labute approximate surface area is 245 Å². The highest BCUT2D eigenvalue weighted by Crippen LogP contribution is 2.44. The van der Waals surface area contributed by atoms with E-state index in [-0.39, 0.29) is 17.5 Å². The topological polar surface area (TPSA) is 28.3 Å². The number of aliphatic imine (C=N–C) groups is 1. The van der Waals surface area contributed by atoms with Crippen molar-refractivity contribution in [1.82, 2.24) is 5.32 Å². The first-order valence-corrected chi connectivity index (χ1v) is 18.9. The number of fused-ring (bicyclic) bond motifs is 3. The van der Waals surface area contributed by atoms with E-state index in [0.717, 1.165) is 30.2 Å². The van der Waals surface area contributed by atoms with Gasteiger partial charge in [-0.05, 0) is 76.3 Å². The van der Waals surface area contributed by atoms with Gasteiger partial charge in [0.2, 0.25) is 11.7 Å². The number of aromatic nitrogens is 1. The second-order valence-electron chi connectivity index (χ2n) is 13.4. The maximum absolute atomic E-state index is 5.00. The van der Waals surface area contributed by atoms with Crippen LogP contribution in [0.4, 0.5) is 0 Å². The summed E-state index contributed by atoms with van der Waals surface area (Å²) < 4.78 is 2.56. The minimum absolute atomic E-state index is 0.0575. The molecule has 1 aliphatic carbocycles. The number of allylic oxidation sites excluding steroid dienone is 3. The Morgan fingerprint density at radius 1 is 1.20 bits per heavy atom. The van der Waals surface area contributed by atoms with Crippen LogP contribution >= 0.6 is 0 Å². The van der Waals surface area contributed by atoms with Gasteiger partial charge in [0.15, 0.2) is 6.20 Å². The van der Waals surface area contributed by atoms with Gasteiger partial charge in [0.1, 0.15) is 5.70 Å². The molecule has 1 fully saturated rings. The molecule has 0 amide bonds. The van der Waals surface area contributed by atoms with Crippen LogP contribution in [0.3, 0.4) is 0 Å². The normalized spacial score (nSPS) is 21.2. The van der Waals surface area contributed by atoms with Crippen LogP contribution in [-0.4, -0.2) is 26.4 Å². The fourth-order valence-electron chi connectivity index (χ4n) is 7.00. The summed E-state index contributed by atoms with van der Waals surface area (Å²) in [7, 11) is 0.456. The van der Waals surface area contributed by atoms with Crippen molar-refractivity contribution >= 4 is 19.0 Å². The third kappa shape index (κ3) is 6.50. The molecule has 2 heterocycles. The highest BCUT2D eigenvalue weighted by atomic mass is 28.3. The summed E-state index contributed by atoms with van der Waals surface area (Å²) in [6.45, 7) is 22.5. The summed E-state index contributed by atoms with van der Waals surface area (Å²) in [4.78, 5) is 5.00. The van der Waals surface area contributed by atoms with Crippen molar-refractivity contribution in [2.45, 2.75) is 103 Å². The van der Waals surface area contributed by atoms with Crippen molar-refractivity contribution in [2.24, 2.45) is 10.9 Å². The molecule has 4 heteroatoms. The molecule has 0 radical (unpaired) electrons. The van der Waals surface area contributed by atoms with Crippen molar-refractivity contribution in [1.29, 1.82) is 0 Å². The second-order valence-corrected chi connectivity index (χ2v) is 18.4. The fourth-order valence-corrected chi connectivity index (χ4v) is 8.67. The lowest BCUT2D eigenvalue weighted by molar-refractivity contribution is -0.708. The van der Waals surface area contributed by atoms with E-state index < -0.39 is 8.07 Å². The van der Waals surface area contributed by atoms with Crippen LogP contribution in [0.2, 0.25) is 19.6 Å². The standard InChI is InChI=1S/C36H52N3Si/c1-10-21-36(5,37-6)22-20-32-30-18-14-15-19-31(30)33-24-29(23-28-16-12-13-17-28)34(40(7,8)9)25-39(33)35(32)27(4)38-26(3)11-2/h10-11,14-15,18-19,21,24-25,28,32,35,37H,2,4,12-13,16-17,20,22-23H2,1,3,5-9H3/q+1/b21-10-,38-26?. The predicted molar refractivity (Wildman–Crippen MR) is 176 cm³/mol. The van der Waals surface area contributed by atoms with E-state index >= 15 is 0 Å². The molecule has 3 unspecified atom stereocenters. The van der Waals surface area contributed by atoms with Crippen LogP contribution in [0.5, 0.6) is 0 Å². The van der Waals surface area contributed by atoms with Gasteiger partial charge in [-0.1, -0.05) is 88.8 Å². The smallest absolute Gasteiger partial charge is 0.213 e. The maximum Gasteiger partial charge on any atom is 0.213 e. The highest BCUT2D eigenvalue weighted by Gasteiger charge is 2.44. The molecule has 1 N–H and O–H groups in total. The SMILES string of the molecule is C=CC(C)=NC(=C)C1C(CCC(C)(/C=C\C)NC)c2ccccc2-c2cc(CC3CCCC3)c([Si](C)(C)C)c[n+]21. The molecule has 40 heavy (non-hydrogen) atoms. The third-order valence-corrected chi connectivity index (χ3v) is 11.4. The number of hydrogen-bond acceptors (Lipinski definition) is 2. The summed E-state index contributed by atoms with van der Waals surface area (Å²) in [6, 6.07) is 11.7. The van der Waals surface area contributed by atoms with Gasteiger partial charge in [0.05, 0.1) is 14.0 Å².